The van der Waals surface area contributed by atoms with Crippen molar-refractivity contribution in [3.63, 3.8) is 0 Å². The van der Waals surface area contributed by atoms with Crippen LogP contribution in [-0.4, -0.2) is 22.1 Å². The fraction of sp³-hybridized carbons (Fsp3) is 0.444. The summed E-state index contributed by atoms with van der Waals surface area (Å²) in [6.45, 7) is 3.52. The maximum atomic E-state index is 11.5. The van der Waals surface area contributed by atoms with Crippen molar-refractivity contribution in [1.29, 1.82) is 0 Å². The highest BCUT2D eigenvalue weighted by Crippen LogP contribution is 2.61. The zero-order valence-corrected chi connectivity index (χ0v) is 14.4. The highest BCUT2D eigenvalue weighted by molar-refractivity contribution is 8.24. The Labute approximate surface area is 134 Å². The molecule has 6 nitrogen and oxygen atoms in total. The van der Waals surface area contributed by atoms with E-state index in [1.807, 2.05) is 0 Å². The molecule has 11 heteroatoms. The van der Waals surface area contributed by atoms with Crippen LogP contribution in [0.2, 0.25) is 5.15 Å². The Hall–Kier alpha value is -0.260. The molecule has 0 radical (unpaired) electrons. The molecule has 0 atom stereocenters. The first-order valence-electron chi connectivity index (χ1n) is 5.12. The van der Waals surface area contributed by atoms with Gasteiger partial charge in [-0.1, -0.05) is 11.6 Å². The van der Waals surface area contributed by atoms with Crippen molar-refractivity contribution in [3.05, 3.63) is 27.4 Å². The third kappa shape index (κ3) is 8.82. The number of aryl methyl sites for hydroxylation is 1. The van der Waals surface area contributed by atoms with Crippen LogP contribution < -0.4 is 5.56 Å². The highest BCUT2D eigenvalue weighted by Gasteiger charge is 2.10. The number of nitrogens with zero attached hydrogens (tertiary/aromatic N) is 2. The molecule has 0 aliphatic carbocycles. The molecule has 114 valence electrons. The van der Waals surface area contributed by atoms with Crippen LogP contribution in [0.1, 0.15) is 12.6 Å². The van der Waals surface area contributed by atoms with E-state index in [4.69, 9.17) is 16.3 Å². The summed E-state index contributed by atoms with van der Waals surface area (Å²) in [5, 5.41) is -3.37. The predicted octanol–water partition coefficient (Wildman–Crippen LogP) is 3.58. The molecule has 0 aromatic carbocycles. The normalized spacial score (nSPS) is 10.5. The Balaban J connectivity index is 0.000000621. The summed E-state index contributed by atoms with van der Waals surface area (Å²) >= 11 is 19.4. The molecule has 0 unspecified atom stereocenters. The third-order valence-electron chi connectivity index (χ3n) is 1.80. The molecule has 0 fully saturated rings. The second-order valence-electron chi connectivity index (χ2n) is 3.29. The molecule has 0 amide bonds. The SMILES string of the molecule is CCOC(=O)Cn1c(C)cnc(Cl)c1=O.O=P(Cl)(Cl)Cl. The Morgan fingerprint density at radius 3 is 2.40 bits per heavy atom. The molecule has 0 N–H and O–H groups in total. The topological polar surface area (TPSA) is 78.3 Å². The fourth-order valence-electron chi connectivity index (χ4n) is 1.08. The lowest BCUT2D eigenvalue weighted by Gasteiger charge is -2.08. The molecule has 0 saturated heterocycles. The molecule has 0 saturated carbocycles. The number of carbonyl (C=O) groups is 1. The second kappa shape index (κ2) is 8.90. The molecule has 0 spiro atoms. The first-order valence-corrected chi connectivity index (χ1v) is 9.92. The number of hydrogen-bond acceptors (Lipinski definition) is 5. The van der Waals surface area contributed by atoms with Crippen LogP contribution in [0, 0.1) is 6.92 Å². The van der Waals surface area contributed by atoms with E-state index in [2.05, 4.69) is 38.7 Å². The number of ether oxygens (including phenoxy) is 1. The van der Waals surface area contributed by atoms with Gasteiger partial charge < -0.3 is 4.74 Å². The first-order chi connectivity index (χ1) is 9.06. The van der Waals surface area contributed by atoms with Gasteiger partial charge in [0.1, 0.15) is 6.54 Å². The van der Waals surface area contributed by atoms with Gasteiger partial charge in [-0.3, -0.25) is 18.7 Å². The van der Waals surface area contributed by atoms with Crippen molar-refractivity contribution in [2.45, 2.75) is 20.4 Å². The van der Waals surface area contributed by atoms with Crippen LogP contribution in [0.3, 0.4) is 0 Å². The minimum atomic E-state index is -3.22. The number of halogens is 4. The lowest BCUT2D eigenvalue weighted by Crippen LogP contribution is -2.28. The van der Waals surface area contributed by atoms with Gasteiger partial charge in [-0.15, -0.1) is 0 Å². The number of carbonyl (C=O) groups excluding carboxylic acids is 1. The van der Waals surface area contributed by atoms with E-state index >= 15 is 0 Å². The van der Waals surface area contributed by atoms with Crippen LogP contribution >= 0.6 is 50.5 Å². The molecule has 1 aromatic rings. The first kappa shape index (κ1) is 19.7. The Bertz CT molecular complexity index is 563. The van der Waals surface area contributed by atoms with Gasteiger partial charge in [0.15, 0.2) is 5.15 Å². The van der Waals surface area contributed by atoms with Crippen molar-refractivity contribution >= 4 is 56.5 Å². The minimum absolute atomic E-state index is 0.138. The van der Waals surface area contributed by atoms with Crippen LogP contribution in [0.15, 0.2) is 11.0 Å². The predicted molar refractivity (Wildman–Crippen MR) is 80.0 cm³/mol. The molecular weight excluding hydrogens is 373 g/mol. The summed E-state index contributed by atoms with van der Waals surface area (Å²) in [5.41, 5.74) is 0.0853. The molecular formula is C9H11Cl4N2O4P. The van der Waals surface area contributed by atoms with Gasteiger partial charge in [0.05, 0.1) is 6.61 Å². The van der Waals surface area contributed by atoms with E-state index in [0.29, 0.717) is 5.69 Å². The number of rotatable bonds is 3. The van der Waals surface area contributed by atoms with Gasteiger partial charge in [0.25, 0.3) is 5.56 Å². The van der Waals surface area contributed by atoms with Crippen LogP contribution in [-0.2, 0) is 20.6 Å². The average Bonchev–Trinajstić information content (AvgIpc) is 2.28. The maximum Gasteiger partial charge on any atom is 0.339 e. The molecule has 1 aromatic heterocycles. The molecule has 1 rings (SSSR count). The summed E-state index contributed by atoms with van der Waals surface area (Å²) in [6, 6.07) is 0. The molecule has 0 aliphatic heterocycles. The van der Waals surface area contributed by atoms with Crippen molar-refractivity contribution in [2.24, 2.45) is 0 Å². The highest BCUT2D eigenvalue weighted by atomic mass is 36.0. The lowest BCUT2D eigenvalue weighted by atomic mass is 10.4. The minimum Gasteiger partial charge on any atom is -0.465 e. The van der Waals surface area contributed by atoms with E-state index in [9.17, 15) is 14.2 Å². The van der Waals surface area contributed by atoms with Gasteiger partial charge in [-0.25, -0.2) is 4.98 Å². The monoisotopic (exact) mass is 382 g/mol. The summed E-state index contributed by atoms with van der Waals surface area (Å²) in [6.07, 6.45) is 1.43. The van der Waals surface area contributed by atoms with E-state index in [-0.39, 0.29) is 18.3 Å². The van der Waals surface area contributed by atoms with Crippen LogP contribution in [0.5, 0.6) is 0 Å². The maximum absolute atomic E-state index is 11.5. The van der Waals surface area contributed by atoms with Crippen LogP contribution in [0.25, 0.3) is 0 Å². The third-order valence-corrected chi connectivity index (χ3v) is 2.06. The summed E-state index contributed by atoms with van der Waals surface area (Å²) in [7, 11) is 0. The molecule has 20 heavy (non-hydrogen) atoms. The fourth-order valence-corrected chi connectivity index (χ4v) is 1.23. The smallest absolute Gasteiger partial charge is 0.339 e. The Kier molecular flexibility index (Phi) is 8.79. The number of aromatic nitrogens is 2. The average molecular weight is 384 g/mol. The summed E-state index contributed by atoms with van der Waals surface area (Å²) < 4.78 is 15.5. The zero-order chi connectivity index (χ0) is 15.9. The Morgan fingerprint density at radius 2 is 1.95 bits per heavy atom. The number of esters is 1. The molecule has 1 heterocycles. The van der Waals surface area contributed by atoms with Gasteiger partial charge in [0.2, 0.25) is 0 Å². The standard InChI is InChI=1S/C9H11ClN2O3.Cl3OP/c1-3-15-7(13)5-12-6(2)4-11-8(10)9(12)14;1-5(2,3)4/h4H,3,5H2,1-2H3;. The molecule has 0 bridgehead atoms. The van der Waals surface area contributed by atoms with E-state index in [0.717, 1.165) is 0 Å². The van der Waals surface area contributed by atoms with Gasteiger partial charge >= 0.3 is 11.2 Å². The van der Waals surface area contributed by atoms with Crippen molar-refractivity contribution in [2.75, 3.05) is 6.61 Å². The van der Waals surface area contributed by atoms with Gasteiger partial charge in [-0.2, -0.15) is 0 Å². The lowest BCUT2D eigenvalue weighted by molar-refractivity contribution is -0.143. The number of hydrogen-bond donors (Lipinski definition) is 0. The van der Waals surface area contributed by atoms with Crippen molar-refractivity contribution < 1.29 is 14.1 Å². The van der Waals surface area contributed by atoms with E-state index < -0.39 is 16.7 Å². The van der Waals surface area contributed by atoms with Crippen molar-refractivity contribution in [3.8, 4) is 0 Å². The van der Waals surface area contributed by atoms with E-state index in [1.165, 1.54) is 10.8 Å². The van der Waals surface area contributed by atoms with Gasteiger partial charge in [0, 0.05) is 11.9 Å². The quantitative estimate of drug-likeness (QED) is 0.588. The summed E-state index contributed by atoms with van der Waals surface area (Å²) in [5.74, 6) is -0.468. The molecule has 0 aliphatic rings. The van der Waals surface area contributed by atoms with Crippen LogP contribution in [0.4, 0.5) is 0 Å². The van der Waals surface area contributed by atoms with Crippen molar-refractivity contribution in [1.82, 2.24) is 9.55 Å². The Morgan fingerprint density at radius 1 is 1.45 bits per heavy atom. The summed E-state index contributed by atoms with van der Waals surface area (Å²) in [4.78, 5) is 26.3. The van der Waals surface area contributed by atoms with E-state index in [1.54, 1.807) is 13.8 Å². The zero-order valence-electron chi connectivity index (χ0n) is 10.5. The second-order valence-corrected chi connectivity index (χ2v) is 10.3. The van der Waals surface area contributed by atoms with Gasteiger partial charge in [-0.05, 0) is 47.6 Å². The largest absolute Gasteiger partial charge is 0.465 e.